The van der Waals surface area contributed by atoms with Crippen LogP contribution in [0.5, 0.6) is 5.75 Å². The molecule has 2 rings (SSSR count). The van der Waals surface area contributed by atoms with Gasteiger partial charge < -0.3 is 15.2 Å². The Balaban J connectivity index is 1.88. The number of halogens is 4. The molecular weight excluding hydrogens is 342 g/mol. The normalized spacial score (nSPS) is 12.5. The molecule has 1 unspecified atom stereocenters. The van der Waals surface area contributed by atoms with Crippen molar-refractivity contribution in [3.63, 3.8) is 0 Å². The average Bonchev–Trinajstić information content (AvgIpc) is 2.57. The Morgan fingerprint density at radius 3 is 2.44 bits per heavy atom. The van der Waals surface area contributed by atoms with Crippen LogP contribution < -0.4 is 10.1 Å². The minimum atomic E-state index is -4.44. The molecule has 0 saturated carbocycles. The highest BCUT2D eigenvalue weighted by molar-refractivity contribution is 5.94. The van der Waals surface area contributed by atoms with E-state index >= 15 is 0 Å². The zero-order chi connectivity index (χ0) is 18.4. The van der Waals surface area contributed by atoms with Crippen molar-refractivity contribution in [2.45, 2.75) is 12.3 Å². The molecule has 0 bridgehead atoms. The van der Waals surface area contributed by atoms with Gasteiger partial charge in [0.05, 0.1) is 6.10 Å². The van der Waals surface area contributed by atoms with Gasteiger partial charge in [-0.15, -0.1) is 0 Å². The van der Waals surface area contributed by atoms with Crippen LogP contribution in [0.3, 0.4) is 0 Å². The molecule has 0 aliphatic carbocycles. The molecular formula is C17H15F4NO3. The highest BCUT2D eigenvalue weighted by atomic mass is 19.4. The van der Waals surface area contributed by atoms with Crippen LogP contribution in [0.2, 0.25) is 0 Å². The van der Waals surface area contributed by atoms with Gasteiger partial charge in [-0.05, 0) is 42.0 Å². The third-order valence-corrected chi connectivity index (χ3v) is 3.21. The summed E-state index contributed by atoms with van der Waals surface area (Å²) in [6, 6.07) is 10.4. The first-order chi connectivity index (χ1) is 11.7. The Morgan fingerprint density at radius 2 is 1.84 bits per heavy atom. The zero-order valence-electron chi connectivity index (χ0n) is 12.9. The molecule has 25 heavy (non-hydrogen) atoms. The van der Waals surface area contributed by atoms with Crippen LogP contribution in [0.25, 0.3) is 0 Å². The van der Waals surface area contributed by atoms with Gasteiger partial charge in [0.1, 0.15) is 11.6 Å². The van der Waals surface area contributed by atoms with Crippen molar-refractivity contribution >= 4 is 5.91 Å². The van der Waals surface area contributed by atoms with Crippen molar-refractivity contribution in [3.05, 3.63) is 65.5 Å². The highest BCUT2D eigenvalue weighted by Gasteiger charge is 2.28. The number of amides is 1. The summed E-state index contributed by atoms with van der Waals surface area (Å²) in [4.78, 5) is 12.0. The van der Waals surface area contributed by atoms with Gasteiger partial charge in [0.15, 0.2) is 6.61 Å². The quantitative estimate of drug-likeness (QED) is 0.781. The van der Waals surface area contributed by atoms with Crippen LogP contribution in [0.4, 0.5) is 17.6 Å². The number of rotatable bonds is 6. The fourth-order valence-corrected chi connectivity index (χ4v) is 1.99. The SMILES string of the molecule is O=C(NCC(O)c1cccc(F)c1)c1ccc(OCC(F)(F)F)cc1. The summed E-state index contributed by atoms with van der Waals surface area (Å²) in [5.41, 5.74) is 0.502. The molecule has 1 atom stereocenters. The molecule has 2 N–H and O–H groups in total. The fraction of sp³-hybridized carbons (Fsp3) is 0.235. The second-order valence-electron chi connectivity index (χ2n) is 5.21. The number of benzene rings is 2. The van der Waals surface area contributed by atoms with Crippen molar-refractivity contribution in [2.24, 2.45) is 0 Å². The maximum absolute atomic E-state index is 13.1. The first-order valence-corrected chi connectivity index (χ1v) is 7.26. The molecule has 0 saturated heterocycles. The minimum absolute atomic E-state index is 0.0197. The zero-order valence-corrected chi connectivity index (χ0v) is 12.9. The first kappa shape index (κ1) is 18.7. The molecule has 0 radical (unpaired) electrons. The Hall–Kier alpha value is -2.61. The van der Waals surface area contributed by atoms with E-state index < -0.39 is 30.6 Å². The largest absolute Gasteiger partial charge is 0.484 e. The van der Waals surface area contributed by atoms with E-state index in [0.717, 1.165) is 6.07 Å². The molecule has 0 aliphatic rings. The second kappa shape index (κ2) is 7.98. The van der Waals surface area contributed by atoms with Gasteiger partial charge in [0.2, 0.25) is 0 Å². The Labute approximate surface area is 141 Å². The molecule has 8 heteroatoms. The van der Waals surface area contributed by atoms with E-state index in [4.69, 9.17) is 0 Å². The van der Waals surface area contributed by atoms with Gasteiger partial charge in [0.25, 0.3) is 5.91 Å². The third kappa shape index (κ3) is 6.07. The maximum atomic E-state index is 13.1. The fourth-order valence-electron chi connectivity index (χ4n) is 1.99. The van der Waals surface area contributed by atoms with Crippen LogP contribution in [0.1, 0.15) is 22.0 Å². The number of aliphatic hydroxyl groups is 1. The molecule has 0 spiro atoms. The van der Waals surface area contributed by atoms with E-state index in [2.05, 4.69) is 10.1 Å². The lowest BCUT2D eigenvalue weighted by Gasteiger charge is -2.13. The summed E-state index contributed by atoms with van der Waals surface area (Å²) < 4.78 is 53.8. The summed E-state index contributed by atoms with van der Waals surface area (Å²) >= 11 is 0. The summed E-state index contributed by atoms with van der Waals surface area (Å²) in [7, 11) is 0. The number of hydrogen-bond acceptors (Lipinski definition) is 3. The smallest absolute Gasteiger partial charge is 0.422 e. The molecule has 0 heterocycles. The summed E-state index contributed by atoms with van der Waals surface area (Å²) in [6.07, 6.45) is -5.53. The van der Waals surface area contributed by atoms with Gasteiger partial charge in [-0.3, -0.25) is 4.79 Å². The average molecular weight is 357 g/mol. The Morgan fingerprint density at radius 1 is 1.16 bits per heavy atom. The van der Waals surface area contributed by atoms with Crippen molar-refractivity contribution < 1.29 is 32.2 Å². The Bertz CT molecular complexity index is 717. The van der Waals surface area contributed by atoms with E-state index in [-0.39, 0.29) is 17.9 Å². The van der Waals surface area contributed by atoms with Crippen LogP contribution in [0.15, 0.2) is 48.5 Å². The monoisotopic (exact) mass is 357 g/mol. The summed E-state index contributed by atoms with van der Waals surface area (Å²) in [5.74, 6) is -1.05. The lowest BCUT2D eigenvalue weighted by molar-refractivity contribution is -0.153. The number of aliphatic hydroxyl groups excluding tert-OH is 1. The van der Waals surface area contributed by atoms with Crippen molar-refractivity contribution in [2.75, 3.05) is 13.2 Å². The first-order valence-electron chi connectivity index (χ1n) is 7.26. The number of carbonyl (C=O) groups is 1. The van der Waals surface area contributed by atoms with E-state index in [1.54, 1.807) is 0 Å². The van der Waals surface area contributed by atoms with E-state index in [0.29, 0.717) is 5.56 Å². The van der Waals surface area contributed by atoms with E-state index in [1.807, 2.05) is 0 Å². The molecule has 134 valence electrons. The number of carbonyl (C=O) groups excluding carboxylic acids is 1. The minimum Gasteiger partial charge on any atom is -0.484 e. The lowest BCUT2D eigenvalue weighted by atomic mass is 10.1. The van der Waals surface area contributed by atoms with Crippen LogP contribution in [0, 0.1) is 5.82 Å². The van der Waals surface area contributed by atoms with E-state index in [9.17, 15) is 27.5 Å². The predicted octanol–water partition coefficient (Wildman–Crippen LogP) is 3.23. The lowest BCUT2D eigenvalue weighted by Crippen LogP contribution is -2.28. The van der Waals surface area contributed by atoms with Crippen LogP contribution in [-0.4, -0.2) is 30.3 Å². The predicted molar refractivity (Wildman–Crippen MR) is 81.7 cm³/mol. The summed E-state index contributed by atoms with van der Waals surface area (Å²) in [5, 5.41) is 12.4. The van der Waals surface area contributed by atoms with E-state index in [1.165, 1.54) is 42.5 Å². The van der Waals surface area contributed by atoms with Crippen molar-refractivity contribution in [1.29, 1.82) is 0 Å². The number of nitrogens with one attached hydrogen (secondary N) is 1. The standard InChI is InChI=1S/C17H15F4NO3/c18-13-3-1-2-12(8-13)15(23)9-22-16(24)11-4-6-14(7-5-11)25-10-17(19,20)21/h1-8,15,23H,9-10H2,(H,22,24). The van der Waals surface area contributed by atoms with Crippen LogP contribution in [-0.2, 0) is 0 Å². The molecule has 2 aromatic rings. The number of ether oxygens (including phenoxy) is 1. The number of hydrogen-bond donors (Lipinski definition) is 2. The third-order valence-electron chi connectivity index (χ3n) is 3.21. The van der Waals surface area contributed by atoms with Crippen molar-refractivity contribution in [1.82, 2.24) is 5.32 Å². The Kier molecular flexibility index (Phi) is 5.97. The topological polar surface area (TPSA) is 58.6 Å². The van der Waals surface area contributed by atoms with Gasteiger partial charge in [0, 0.05) is 12.1 Å². The van der Waals surface area contributed by atoms with Gasteiger partial charge in [-0.2, -0.15) is 13.2 Å². The van der Waals surface area contributed by atoms with Gasteiger partial charge >= 0.3 is 6.18 Å². The van der Waals surface area contributed by atoms with Gasteiger partial charge in [-0.1, -0.05) is 12.1 Å². The molecule has 0 aliphatic heterocycles. The summed E-state index contributed by atoms with van der Waals surface area (Å²) in [6.45, 7) is -1.56. The molecule has 0 fully saturated rings. The molecule has 1 amide bonds. The maximum Gasteiger partial charge on any atom is 0.422 e. The molecule has 0 aromatic heterocycles. The molecule has 2 aromatic carbocycles. The van der Waals surface area contributed by atoms with Crippen LogP contribution >= 0.6 is 0 Å². The van der Waals surface area contributed by atoms with Gasteiger partial charge in [-0.25, -0.2) is 4.39 Å². The molecule has 4 nitrogen and oxygen atoms in total. The highest BCUT2D eigenvalue weighted by Crippen LogP contribution is 2.19. The number of alkyl halides is 3. The van der Waals surface area contributed by atoms with Crippen molar-refractivity contribution in [3.8, 4) is 5.75 Å². The second-order valence-corrected chi connectivity index (χ2v) is 5.21.